The summed E-state index contributed by atoms with van der Waals surface area (Å²) in [5, 5.41) is 7.04. The van der Waals surface area contributed by atoms with E-state index in [0.29, 0.717) is 6.04 Å². The van der Waals surface area contributed by atoms with Crippen LogP contribution in [-0.2, 0) is 11.2 Å². The summed E-state index contributed by atoms with van der Waals surface area (Å²) in [4.78, 5) is 15.9. The number of carbonyl (C=O) groups excluding carboxylic acids is 1. The summed E-state index contributed by atoms with van der Waals surface area (Å²) in [5.74, 6) is -0.124. The van der Waals surface area contributed by atoms with Gasteiger partial charge in [0.05, 0.1) is 12.0 Å². The molecule has 0 saturated carbocycles. The fraction of sp³-hybridized carbons (Fsp3) is 0.370. The van der Waals surface area contributed by atoms with Crippen molar-refractivity contribution >= 4 is 11.6 Å². The van der Waals surface area contributed by atoms with E-state index < -0.39 is 0 Å². The Labute approximate surface area is 185 Å². The quantitative estimate of drug-likeness (QED) is 0.769. The van der Waals surface area contributed by atoms with E-state index in [4.69, 9.17) is 0 Å². The first-order chi connectivity index (χ1) is 15.3. The van der Waals surface area contributed by atoms with Gasteiger partial charge >= 0.3 is 0 Å². The number of fused-ring (bicyclic) bond motifs is 2. The maximum atomic E-state index is 13.4. The Bertz CT molecular complexity index is 981. The van der Waals surface area contributed by atoms with Gasteiger partial charge in [0, 0.05) is 31.4 Å². The summed E-state index contributed by atoms with van der Waals surface area (Å²) in [6.07, 6.45) is 10.8. The van der Waals surface area contributed by atoms with Crippen LogP contribution < -0.4 is 10.6 Å². The number of benzene rings is 2. The number of likely N-dealkylation sites (tertiary alicyclic amines) is 1. The molecule has 2 aromatic carbocycles. The number of nitrogens with zero attached hydrogens (tertiary/aromatic N) is 1. The van der Waals surface area contributed by atoms with Gasteiger partial charge in [0.1, 0.15) is 0 Å². The number of allylic oxidation sites excluding steroid dienone is 1. The third-order valence-corrected chi connectivity index (χ3v) is 6.78. The Hall–Kier alpha value is -2.85. The van der Waals surface area contributed by atoms with Gasteiger partial charge in [-0.1, -0.05) is 66.8 Å². The molecule has 2 heterocycles. The first-order valence-corrected chi connectivity index (χ1v) is 11.6. The smallest absolute Gasteiger partial charge is 0.231 e. The second-order valence-corrected chi connectivity index (χ2v) is 8.94. The van der Waals surface area contributed by atoms with Crippen LogP contribution in [0.15, 0.2) is 78.4 Å². The molecular weight excluding hydrogens is 382 g/mol. The van der Waals surface area contributed by atoms with E-state index in [-0.39, 0.29) is 17.9 Å². The van der Waals surface area contributed by atoms with Gasteiger partial charge in [-0.05, 0) is 48.4 Å². The predicted octanol–water partition coefficient (Wildman–Crippen LogP) is 4.27. The van der Waals surface area contributed by atoms with E-state index in [0.717, 1.165) is 56.6 Å². The lowest BCUT2D eigenvalue weighted by molar-refractivity contribution is -0.122. The minimum atomic E-state index is -0.246. The van der Waals surface area contributed by atoms with E-state index in [9.17, 15) is 4.79 Å². The summed E-state index contributed by atoms with van der Waals surface area (Å²) in [6.45, 7) is 3.03. The van der Waals surface area contributed by atoms with Gasteiger partial charge in [0.15, 0.2) is 0 Å². The molecule has 1 fully saturated rings. The van der Waals surface area contributed by atoms with Crippen LogP contribution in [0.2, 0.25) is 0 Å². The molecular formula is C27H31N3O. The Morgan fingerprint density at radius 3 is 2.81 bits per heavy atom. The van der Waals surface area contributed by atoms with Crippen LogP contribution in [0.5, 0.6) is 0 Å². The van der Waals surface area contributed by atoms with Crippen LogP contribution >= 0.6 is 0 Å². The van der Waals surface area contributed by atoms with Gasteiger partial charge in [0.25, 0.3) is 0 Å². The number of hydrogen-bond donors (Lipinski definition) is 2. The van der Waals surface area contributed by atoms with E-state index in [1.54, 1.807) is 0 Å². The number of carbonyl (C=O) groups is 1. The normalized spacial score (nSPS) is 25.0. The van der Waals surface area contributed by atoms with Crippen LogP contribution in [0.25, 0.3) is 0 Å². The van der Waals surface area contributed by atoms with Gasteiger partial charge in [-0.25, -0.2) is 0 Å². The average Bonchev–Trinajstić information content (AvgIpc) is 3.17. The van der Waals surface area contributed by atoms with Crippen molar-refractivity contribution in [3.8, 4) is 0 Å². The minimum Gasteiger partial charge on any atom is -0.378 e. The fourth-order valence-corrected chi connectivity index (χ4v) is 5.06. The van der Waals surface area contributed by atoms with Gasteiger partial charge in [0.2, 0.25) is 5.91 Å². The molecule has 160 valence electrons. The van der Waals surface area contributed by atoms with E-state index in [1.165, 1.54) is 11.1 Å². The van der Waals surface area contributed by atoms with Crippen molar-refractivity contribution in [1.29, 1.82) is 0 Å². The second kappa shape index (κ2) is 9.11. The lowest BCUT2D eigenvalue weighted by Crippen LogP contribution is -2.39. The van der Waals surface area contributed by atoms with E-state index >= 15 is 0 Å². The molecule has 0 radical (unpaired) electrons. The zero-order valence-electron chi connectivity index (χ0n) is 18.0. The molecule has 0 spiro atoms. The van der Waals surface area contributed by atoms with Crippen molar-refractivity contribution in [2.45, 2.75) is 43.7 Å². The molecule has 1 aliphatic carbocycles. The zero-order valence-corrected chi connectivity index (χ0v) is 18.0. The highest BCUT2D eigenvalue weighted by molar-refractivity contribution is 5.88. The molecule has 2 aromatic rings. The lowest BCUT2D eigenvalue weighted by atomic mass is 9.91. The molecule has 5 rings (SSSR count). The Balaban J connectivity index is 1.25. The molecule has 3 atom stereocenters. The summed E-state index contributed by atoms with van der Waals surface area (Å²) >= 11 is 0. The number of anilines is 1. The standard InChI is InChI=1S/C27H31N3O/c31-27(28-22-15-17-30(19-22)16-14-20-8-2-1-3-9-20)24-18-21-10-4-6-12-25(21)29-26-13-7-5-11-23(24)26/h1-5,7-11,13,18,22,24-25,29H,6,12,14-17,19H2,(H,28,31). The summed E-state index contributed by atoms with van der Waals surface area (Å²) in [7, 11) is 0. The molecule has 0 aromatic heterocycles. The van der Waals surface area contributed by atoms with E-state index in [1.807, 2.05) is 12.1 Å². The van der Waals surface area contributed by atoms with Crippen LogP contribution in [0.4, 0.5) is 5.69 Å². The van der Waals surface area contributed by atoms with Crippen molar-refractivity contribution in [3.05, 3.63) is 89.5 Å². The van der Waals surface area contributed by atoms with Gasteiger partial charge in [-0.2, -0.15) is 0 Å². The van der Waals surface area contributed by atoms with E-state index in [2.05, 4.69) is 76.2 Å². The highest BCUT2D eigenvalue weighted by Crippen LogP contribution is 2.35. The molecule has 2 N–H and O–H groups in total. The SMILES string of the molecule is O=C(NC1CCN(CCc2ccccc2)C1)C1C=C2C=CCCC2Nc2ccccc21. The molecule has 31 heavy (non-hydrogen) atoms. The maximum Gasteiger partial charge on any atom is 0.231 e. The minimum absolute atomic E-state index is 0.122. The third-order valence-electron chi connectivity index (χ3n) is 6.78. The second-order valence-electron chi connectivity index (χ2n) is 8.94. The van der Waals surface area contributed by atoms with Gasteiger partial charge in [-0.3, -0.25) is 4.79 Å². The summed E-state index contributed by atoms with van der Waals surface area (Å²) in [5.41, 5.74) is 4.78. The average molecular weight is 414 g/mol. The molecule has 0 bridgehead atoms. The molecule has 1 amide bonds. The van der Waals surface area contributed by atoms with Crippen molar-refractivity contribution in [2.75, 3.05) is 25.0 Å². The Kier molecular flexibility index (Phi) is 5.90. The van der Waals surface area contributed by atoms with Crippen LogP contribution in [-0.4, -0.2) is 42.5 Å². The summed E-state index contributed by atoms with van der Waals surface area (Å²) < 4.78 is 0. The largest absolute Gasteiger partial charge is 0.378 e. The molecule has 4 heteroatoms. The lowest BCUT2D eigenvalue weighted by Gasteiger charge is -2.22. The number of nitrogens with one attached hydrogen (secondary N) is 2. The molecule has 2 aliphatic heterocycles. The molecule has 3 unspecified atom stereocenters. The maximum absolute atomic E-state index is 13.4. The predicted molar refractivity (Wildman–Crippen MR) is 126 cm³/mol. The van der Waals surface area contributed by atoms with Crippen molar-refractivity contribution in [2.24, 2.45) is 0 Å². The number of hydrogen-bond acceptors (Lipinski definition) is 3. The van der Waals surface area contributed by atoms with Crippen LogP contribution in [0, 0.1) is 0 Å². The first kappa shape index (κ1) is 20.1. The molecule has 4 nitrogen and oxygen atoms in total. The van der Waals surface area contributed by atoms with Crippen LogP contribution in [0.3, 0.4) is 0 Å². The van der Waals surface area contributed by atoms with Crippen LogP contribution in [0.1, 0.15) is 36.3 Å². The van der Waals surface area contributed by atoms with Gasteiger partial charge in [-0.15, -0.1) is 0 Å². The number of para-hydroxylation sites is 1. The first-order valence-electron chi connectivity index (χ1n) is 11.6. The Morgan fingerprint density at radius 2 is 1.90 bits per heavy atom. The Morgan fingerprint density at radius 1 is 1.06 bits per heavy atom. The number of amides is 1. The molecule has 3 aliphatic rings. The zero-order chi connectivity index (χ0) is 21.0. The highest BCUT2D eigenvalue weighted by atomic mass is 16.2. The number of rotatable bonds is 5. The van der Waals surface area contributed by atoms with Gasteiger partial charge < -0.3 is 15.5 Å². The monoisotopic (exact) mass is 413 g/mol. The highest BCUT2D eigenvalue weighted by Gasteiger charge is 2.31. The molecule has 1 saturated heterocycles. The topological polar surface area (TPSA) is 44.4 Å². The third kappa shape index (κ3) is 4.59. The summed E-state index contributed by atoms with van der Waals surface area (Å²) in [6, 6.07) is 19.4. The van der Waals surface area contributed by atoms with Crippen molar-refractivity contribution in [3.63, 3.8) is 0 Å². The van der Waals surface area contributed by atoms with Crippen molar-refractivity contribution in [1.82, 2.24) is 10.2 Å². The van der Waals surface area contributed by atoms with Crippen molar-refractivity contribution < 1.29 is 4.79 Å². The fourth-order valence-electron chi connectivity index (χ4n) is 5.06.